The van der Waals surface area contributed by atoms with Crippen molar-refractivity contribution in [2.45, 2.75) is 69.2 Å². The van der Waals surface area contributed by atoms with E-state index in [9.17, 15) is 13.2 Å². The summed E-state index contributed by atoms with van der Waals surface area (Å²) in [5.41, 5.74) is 3.33. The number of amides is 1. The number of likely N-dealkylation sites (tertiary alicyclic amines) is 1. The number of ether oxygens (including phenoxy) is 1. The van der Waals surface area contributed by atoms with Crippen LogP contribution in [0, 0.1) is 5.92 Å². The predicted molar refractivity (Wildman–Crippen MR) is 182 cm³/mol. The van der Waals surface area contributed by atoms with Gasteiger partial charge in [-0.2, -0.15) is 0 Å². The van der Waals surface area contributed by atoms with Crippen LogP contribution in [-0.4, -0.2) is 52.0 Å². The number of sulfonamides is 1. The van der Waals surface area contributed by atoms with Gasteiger partial charge in [-0.25, -0.2) is 8.42 Å². The van der Waals surface area contributed by atoms with Crippen molar-refractivity contribution in [1.29, 1.82) is 0 Å². The van der Waals surface area contributed by atoms with Crippen LogP contribution in [0.15, 0.2) is 60.7 Å². The van der Waals surface area contributed by atoms with E-state index >= 15 is 0 Å². The SMILES string of the molecule is COc1cccc2c1-c1ccccc1N(S(=O)(=O)Cc1ccc(Cl)c(Cl)c1)C2CC(=O)NC1CCC(CCN2CCCC2)CC1. The summed E-state index contributed by atoms with van der Waals surface area (Å²) in [6, 6.07) is 17.2. The lowest BCUT2D eigenvalue weighted by Gasteiger charge is -2.39. The van der Waals surface area contributed by atoms with Crippen LogP contribution in [0.2, 0.25) is 10.0 Å². The second-order valence-electron chi connectivity index (χ2n) is 12.6. The summed E-state index contributed by atoms with van der Waals surface area (Å²) in [6.45, 7) is 3.64. The van der Waals surface area contributed by atoms with Gasteiger partial charge in [0.1, 0.15) is 5.75 Å². The molecule has 2 aliphatic heterocycles. The Kier molecular flexibility index (Phi) is 9.95. The molecule has 1 unspecified atom stereocenters. The quantitative estimate of drug-likeness (QED) is 0.240. The van der Waals surface area contributed by atoms with Gasteiger partial charge in [-0.3, -0.25) is 9.10 Å². The van der Waals surface area contributed by atoms with Crippen LogP contribution in [0.1, 0.15) is 68.5 Å². The maximum Gasteiger partial charge on any atom is 0.239 e. The van der Waals surface area contributed by atoms with Crippen molar-refractivity contribution in [2.24, 2.45) is 5.92 Å². The first-order valence-corrected chi connectivity index (χ1v) is 18.3. The van der Waals surface area contributed by atoms with Crippen molar-refractivity contribution < 1.29 is 17.9 Å². The molecule has 1 saturated heterocycles. The van der Waals surface area contributed by atoms with Gasteiger partial charge in [0.15, 0.2) is 0 Å². The number of methoxy groups -OCH3 is 1. The number of carbonyl (C=O) groups is 1. The van der Waals surface area contributed by atoms with Gasteiger partial charge in [-0.05, 0) is 106 Å². The summed E-state index contributed by atoms with van der Waals surface area (Å²) >= 11 is 12.4. The van der Waals surface area contributed by atoms with Gasteiger partial charge in [-0.15, -0.1) is 0 Å². The number of rotatable bonds is 10. The highest BCUT2D eigenvalue weighted by atomic mass is 35.5. The summed E-state index contributed by atoms with van der Waals surface area (Å²) in [6.07, 6.45) is 7.98. The molecule has 1 aliphatic carbocycles. The number of hydrogen-bond donors (Lipinski definition) is 1. The van der Waals surface area contributed by atoms with Crippen molar-refractivity contribution in [1.82, 2.24) is 10.2 Å². The molecule has 1 amide bonds. The third kappa shape index (κ3) is 7.14. The molecular weight excluding hydrogens is 629 g/mol. The second kappa shape index (κ2) is 13.9. The molecule has 0 aromatic heterocycles. The summed E-state index contributed by atoms with van der Waals surface area (Å²) < 4.78 is 35.9. The Morgan fingerprint density at radius 1 is 0.956 bits per heavy atom. The fourth-order valence-corrected chi connectivity index (χ4v) is 9.43. The lowest BCUT2D eigenvalue weighted by atomic mass is 9.83. The number of fused-ring (bicyclic) bond motifs is 3. The first kappa shape index (κ1) is 32.2. The lowest BCUT2D eigenvalue weighted by Crippen LogP contribution is -2.43. The average Bonchev–Trinajstić information content (AvgIpc) is 3.56. The summed E-state index contributed by atoms with van der Waals surface area (Å²) in [4.78, 5) is 16.3. The van der Waals surface area contributed by atoms with E-state index in [1.807, 2.05) is 36.4 Å². The van der Waals surface area contributed by atoms with E-state index in [1.165, 1.54) is 43.2 Å². The Balaban J connectivity index is 1.24. The van der Waals surface area contributed by atoms with E-state index in [0.29, 0.717) is 33.0 Å². The van der Waals surface area contributed by atoms with Crippen molar-refractivity contribution in [2.75, 3.05) is 31.0 Å². The first-order valence-electron chi connectivity index (χ1n) is 16.0. The smallest absolute Gasteiger partial charge is 0.239 e. The number of hydrogen-bond acceptors (Lipinski definition) is 5. The maximum absolute atomic E-state index is 14.3. The Morgan fingerprint density at radius 3 is 2.44 bits per heavy atom. The van der Waals surface area contributed by atoms with Crippen molar-refractivity contribution in [3.8, 4) is 16.9 Å². The highest BCUT2D eigenvalue weighted by molar-refractivity contribution is 7.92. The van der Waals surface area contributed by atoms with Gasteiger partial charge in [0.25, 0.3) is 0 Å². The van der Waals surface area contributed by atoms with E-state index in [4.69, 9.17) is 27.9 Å². The molecule has 2 fully saturated rings. The molecule has 1 atom stereocenters. The van der Waals surface area contributed by atoms with Gasteiger partial charge in [0.2, 0.25) is 15.9 Å². The third-order valence-electron chi connectivity index (χ3n) is 9.61. The number of para-hydroxylation sites is 1. The van der Waals surface area contributed by atoms with Gasteiger partial charge >= 0.3 is 0 Å². The standard InChI is InChI=1S/C35H41Cl2N3O4S/c1-44-33-10-6-8-28-32(22-34(41)38-26-14-11-24(12-15-26)17-20-39-18-4-5-19-39)40(31-9-3-2-7-27(31)35(28)33)45(42,43)23-25-13-16-29(36)30(37)21-25/h2-3,6-10,13,16,21,24,26,32H,4-5,11-12,14-15,17-20,22-23H2,1H3,(H,38,41). The molecule has 3 aromatic rings. The van der Waals surface area contributed by atoms with Crippen LogP contribution in [0.5, 0.6) is 5.75 Å². The van der Waals surface area contributed by atoms with E-state index in [0.717, 1.165) is 42.4 Å². The molecule has 1 saturated carbocycles. The molecule has 0 radical (unpaired) electrons. The number of halogens is 2. The van der Waals surface area contributed by atoms with Crippen LogP contribution >= 0.6 is 23.2 Å². The van der Waals surface area contributed by atoms with Crippen LogP contribution in [0.3, 0.4) is 0 Å². The van der Waals surface area contributed by atoms with Crippen LogP contribution in [0.25, 0.3) is 11.1 Å². The second-order valence-corrected chi connectivity index (χ2v) is 15.2. The summed E-state index contributed by atoms with van der Waals surface area (Å²) in [5.74, 6) is 0.898. The molecule has 7 nitrogen and oxygen atoms in total. The molecular formula is C35H41Cl2N3O4S. The Morgan fingerprint density at radius 2 is 1.71 bits per heavy atom. The topological polar surface area (TPSA) is 78.9 Å². The van der Waals surface area contributed by atoms with Crippen LogP contribution in [-0.2, 0) is 20.6 Å². The Bertz CT molecular complexity index is 1640. The lowest BCUT2D eigenvalue weighted by molar-refractivity contribution is -0.122. The summed E-state index contributed by atoms with van der Waals surface area (Å²) in [5, 5.41) is 3.92. The highest BCUT2D eigenvalue weighted by Crippen LogP contribution is 2.51. The number of nitrogens with zero attached hydrogens (tertiary/aromatic N) is 2. The van der Waals surface area contributed by atoms with E-state index in [-0.39, 0.29) is 24.1 Å². The number of anilines is 1. The molecule has 3 aromatic carbocycles. The van der Waals surface area contributed by atoms with E-state index in [2.05, 4.69) is 10.2 Å². The Hall–Kier alpha value is -2.78. The van der Waals surface area contributed by atoms with Crippen LogP contribution < -0.4 is 14.4 Å². The largest absolute Gasteiger partial charge is 0.496 e. The fourth-order valence-electron chi connectivity index (χ4n) is 7.33. The number of benzene rings is 3. The molecule has 3 aliphatic rings. The maximum atomic E-state index is 14.3. The minimum Gasteiger partial charge on any atom is -0.496 e. The van der Waals surface area contributed by atoms with Gasteiger partial charge in [0, 0.05) is 17.2 Å². The van der Waals surface area contributed by atoms with Crippen molar-refractivity contribution in [3.05, 3.63) is 81.8 Å². The first-order chi connectivity index (χ1) is 21.7. The molecule has 240 valence electrons. The molecule has 2 heterocycles. The number of nitrogens with one attached hydrogen (secondary N) is 1. The zero-order valence-corrected chi connectivity index (χ0v) is 28.0. The zero-order valence-electron chi connectivity index (χ0n) is 25.7. The van der Waals surface area contributed by atoms with Gasteiger partial charge < -0.3 is 15.0 Å². The molecule has 6 rings (SSSR count). The minimum absolute atomic E-state index is 0.00993. The predicted octanol–water partition coefficient (Wildman–Crippen LogP) is 7.61. The van der Waals surface area contributed by atoms with Gasteiger partial charge in [0.05, 0.1) is 41.1 Å². The Labute approximate surface area is 276 Å². The molecule has 0 bridgehead atoms. The molecule has 1 N–H and O–H groups in total. The average molecular weight is 671 g/mol. The highest BCUT2D eigenvalue weighted by Gasteiger charge is 2.40. The van der Waals surface area contributed by atoms with Gasteiger partial charge in [-0.1, -0.05) is 59.6 Å². The number of carbonyl (C=O) groups excluding carboxylic acids is 1. The monoisotopic (exact) mass is 669 g/mol. The normalized spacial score (nSPS) is 21.7. The molecule has 10 heteroatoms. The van der Waals surface area contributed by atoms with E-state index in [1.54, 1.807) is 31.4 Å². The summed E-state index contributed by atoms with van der Waals surface area (Å²) in [7, 11) is -2.38. The van der Waals surface area contributed by atoms with Crippen molar-refractivity contribution >= 4 is 44.8 Å². The minimum atomic E-state index is -3.98. The molecule has 0 spiro atoms. The molecule has 45 heavy (non-hydrogen) atoms. The zero-order chi connectivity index (χ0) is 31.6. The fraction of sp³-hybridized carbons (Fsp3) is 0.457. The van der Waals surface area contributed by atoms with Crippen molar-refractivity contribution in [3.63, 3.8) is 0 Å². The van der Waals surface area contributed by atoms with Crippen LogP contribution in [0.4, 0.5) is 5.69 Å². The third-order valence-corrected chi connectivity index (χ3v) is 12.1. The van der Waals surface area contributed by atoms with E-state index < -0.39 is 16.1 Å².